The second-order valence-corrected chi connectivity index (χ2v) is 8.63. The van der Waals surface area contributed by atoms with E-state index in [0.717, 1.165) is 19.3 Å². The van der Waals surface area contributed by atoms with Gasteiger partial charge in [0.1, 0.15) is 11.9 Å². The first-order valence-corrected chi connectivity index (χ1v) is 11.6. The Morgan fingerprint density at radius 1 is 1.20 bits per heavy atom. The Kier molecular flexibility index (Phi) is 11.1. The number of hydrazone groups is 1. The summed E-state index contributed by atoms with van der Waals surface area (Å²) in [6.07, 6.45) is 6.75. The summed E-state index contributed by atoms with van der Waals surface area (Å²) >= 11 is 6.42. The highest BCUT2D eigenvalue weighted by Gasteiger charge is 2.20. The van der Waals surface area contributed by atoms with Crippen molar-refractivity contribution in [1.29, 1.82) is 5.26 Å². The monoisotopic (exact) mass is 545 g/mol. The van der Waals surface area contributed by atoms with E-state index in [1.54, 1.807) is 4.90 Å². The minimum atomic E-state index is -1.11. The molecular weight excluding hydrogens is 521 g/mol. The zero-order valence-corrected chi connectivity index (χ0v) is 19.8. The minimum Gasteiger partial charge on any atom is -0.425 e. The SMILES string of the molecule is C1CCNCC1.N#CC(C=NNc1c(Br)cc(F)cc1Br)OC(=O)N1CCCCC1. The molecule has 0 radical (unpaired) electrons. The van der Waals surface area contributed by atoms with E-state index in [9.17, 15) is 9.18 Å². The van der Waals surface area contributed by atoms with Crippen LogP contribution in [0.25, 0.3) is 0 Å². The Labute approximate surface area is 193 Å². The van der Waals surface area contributed by atoms with Gasteiger partial charge in [-0.2, -0.15) is 10.4 Å². The number of rotatable bonds is 4. The molecule has 0 saturated carbocycles. The Morgan fingerprint density at radius 3 is 2.30 bits per heavy atom. The van der Waals surface area contributed by atoms with Crippen LogP contribution in [0.15, 0.2) is 26.2 Å². The summed E-state index contributed by atoms with van der Waals surface area (Å²) in [7, 11) is 0. The highest BCUT2D eigenvalue weighted by atomic mass is 79.9. The van der Waals surface area contributed by atoms with Crippen molar-refractivity contribution in [2.45, 2.75) is 44.6 Å². The van der Waals surface area contributed by atoms with E-state index in [1.807, 2.05) is 6.07 Å². The van der Waals surface area contributed by atoms with Crippen molar-refractivity contribution < 1.29 is 13.9 Å². The Morgan fingerprint density at radius 2 is 1.80 bits per heavy atom. The Hall–Kier alpha value is -1.70. The van der Waals surface area contributed by atoms with E-state index in [0.29, 0.717) is 27.7 Å². The van der Waals surface area contributed by atoms with Crippen LogP contribution in [0.5, 0.6) is 0 Å². The highest BCUT2D eigenvalue weighted by molar-refractivity contribution is 9.11. The van der Waals surface area contributed by atoms with E-state index in [4.69, 9.17) is 10.00 Å². The fraction of sp³-hybridized carbons (Fsp3) is 0.550. The molecule has 164 valence electrons. The lowest BCUT2D eigenvalue weighted by atomic mass is 10.1. The summed E-state index contributed by atoms with van der Waals surface area (Å²) in [4.78, 5) is 13.5. The highest BCUT2D eigenvalue weighted by Crippen LogP contribution is 2.31. The number of amides is 1. The lowest BCUT2D eigenvalue weighted by Crippen LogP contribution is -2.38. The van der Waals surface area contributed by atoms with Crippen molar-refractivity contribution >= 4 is 49.9 Å². The molecule has 1 amide bonds. The molecule has 2 N–H and O–H groups in total. The molecule has 2 fully saturated rings. The molecule has 2 saturated heterocycles. The van der Waals surface area contributed by atoms with E-state index in [1.165, 1.54) is 50.7 Å². The summed E-state index contributed by atoms with van der Waals surface area (Å²) in [5, 5.41) is 16.3. The Balaban J connectivity index is 0.000000456. The van der Waals surface area contributed by atoms with Crippen molar-refractivity contribution in [2.75, 3.05) is 31.6 Å². The smallest absolute Gasteiger partial charge is 0.411 e. The van der Waals surface area contributed by atoms with Gasteiger partial charge in [-0.05, 0) is 89.2 Å². The maximum absolute atomic E-state index is 13.2. The number of benzene rings is 1. The van der Waals surface area contributed by atoms with Gasteiger partial charge >= 0.3 is 6.09 Å². The third kappa shape index (κ3) is 8.58. The van der Waals surface area contributed by atoms with Gasteiger partial charge in [-0.3, -0.25) is 5.43 Å². The number of hydrogen-bond donors (Lipinski definition) is 2. The fourth-order valence-electron chi connectivity index (χ4n) is 2.97. The van der Waals surface area contributed by atoms with Crippen molar-refractivity contribution in [3.8, 4) is 6.07 Å². The van der Waals surface area contributed by atoms with E-state index >= 15 is 0 Å². The van der Waals surface area contributed by atoms with Gasteiger partial charge in [0.15, 0.2) is 0 Å². The van der Waals surface area contributed by atoms with Gasteiger partial charge in [0.2, 0.25) is 6.10 Å². The van der Waals surface area contributed by atoms with Gasteiger partial charge in [0, 0.05) is 22.0 Å². The first-order valence-electron chi connectivity index (χ1n) is 10.0. The van der Waals surface area contributed by atoms with Crippen molar-refractivity contribution in [2.24, 2.45) is 5.10 Å². The number of carbonyl (C=O) groups is 1. The molecule has 1 aromatic rings. The first-order chi connectivity index (χ1) is 14.5. The molecule has 3 rings (SSSR count). The van der Waals surface area contributed by atoms with Gasteiger partial charge in [-0.25, -0.2) is 9.18 Å². The fourth-order valence-corrected chi connectivity index (χ4v) is 4.28. The third-order valence-corrected chi connectivity index (χ3v) is 5.82. The number of likely N-dealkylation sites (tertiary alicyclic amines) is 1. The molecular formula is C20H26Br2FN5O2. The van der Waals surface area contributed by atoms with Gasteiger partial charge in [0.05, 0.1) is 11.9 Å². The van der Waals surface area contributed by atoms with Crippen molar-refractivity contribution in [1.82, 2.24) is 10.2 Å². The van der Waals surface area contributed by atoms with Gasteiger partial charge in [-0.1, -0.05) is 6.42 Å². The average Bonchev–Trinajstić information content (AvgIpc) is 2.76. The zero-order valence-electron chi connectivity index (χ0n) is 16.7. The molecule has 2 aliphatic heterocycles. The molecule has 10 heteroatoms. The number of carbonyl (C=O) groups excluding carboxylic acids is 1. The maximum atomic E-state index is 13.2. The number of nitrogens with one attached hydrogen (secondary N) is 2. The molecule has 1 unspecified atom stereocenters. The molecule has 7 nitrogen and oxygen atoms in total. The average molecular weight is 547 g/mol. The summed E-state index contributed by atoms with van der Waals surface area (Å²) in [6, 6.07) is 4.41. The van der Waals surface area contributed by atoms with Crippen LogP contribution in [-0.2, 0) is 4.74 Å². The number of nitrogens with zero attached hydrogens (tertiary/aromatic N) is 3. The molecule has 0 aliphatic carbocycles. The number of nitriles is 1. The number of ether oxygens (including phenoxy) is 1. The third-order valence-electron chi connectivity index (χ3n) is 4.57. The zero-order chi connectivity index (χ0) is 21.8. The number of anilines is 1. The quantitative estimate of drug-likeness (QED) is 0.408. The summed E-state index contributed by atoms with van der Waals surface area (Å²) in [5.41, 5.74) is 3.17. The lowest BCUT2D eigenvalue weighted by molar-refractivity contribution is 0.0946. The largest absolute Gasteiger partial charge is 0.425 e. The molecule has 2 heterocycles. The van der Waals surface area contributed by atoms with Gasteiger partial charge in [-0.15, -0.1) is 0 Å². The van der Waals surface area contributed by atoms with Crippen LogP contribution in [0.2, 0.25) is 0 Å². The second kappa shape index (κ2) is 13.6. The predicted octanol–water partition coefficient (Wildman–Crippen LogP) is 5.02. The molecule has 1 atom stereocenters. The minimum absolute atomic E-state index is 0.409. The number of piperidine rings is 2. The number of halogens is 3. The number of hydrogen-bond acceptors (Lipinski definition) is 6. The first kappa shape index (κ1) is 24.6. The summed E-state index contributed by atoms with van der Waals surface area (Å²) in [5.74, 6) is -0.409. The predicted molar refractivity (Wildman–Crippen MR) is 122 cm³/mol. The summed E-state index contributed by atoms with van der Waals surface area (Å²) in [6.45, 7) is 3.78. The lowest BCUT2D eigenvalue weighted by Gasteiger charge is -2.26. The maximum Gasteiger partial charge on any atom is 0.411 e. The van der Waals surface area contributed by atoms with Gasteiger partial charge in [0.25, 0.3) is 0 Å². The molecule has 1 aromatic carbocycles. The topological polar surface area (TPSA) is 89.7 Å². The van der Waals surface area contributed by atoms with Crippen LogP contribution in [0.1, 0.15) is 38.5 Å². The van der Waals surface area contributed by atoms with Crippen LogP contribution >= 0.6 is 31.9 Å². The van der Waals surface area contributed by atoms with Crippen LogP contribution in [-0.4, -0.2) is 49.5 Å². The normalized spacial score (nSPS) is 17.5. The van der Waals surface area contributed by atoms with Crippen LogP contribution in [0.3, 0.4) is 0 Å². The molecule has 0 bridgehead atoms. The van der Waals surface area contributed by atoms with Crippen LogP contribution < -0.4 is 10.7 Å². The van der Waals surface area contributed by atoms with Crippen LogP contribution in [0.4, 0.5) is 14.9 Å². The standard InChI is InChI=1S/C15H15Br2FN4O2.C5H11N/c16-12-6-10(18)7-13(17)14(12)21-20-9-11(8-19)24-15(23)22-4-2-1-3-5-22;1-2-4-6-5-3-1/h6-7,9,11,21H,1-5H2;6H,1-5H2. The molecule has 0 aromatic heterocycles. The van der Waals surface area contributed by atoms with Crippen molar-refractivity contribution in [3.63, 3.8) is 0 Å². The molecule has 0 spiro atoms. The van der Waals surface area contributed by atoms with E-state index in [2.05, 4.69) is 47.7 Å². The molecule has 30 heavy (non-hydrogen) atoms. The second-order valence-electron chi connectivity index (χ2n) is 6.93. The van der Waals surface area contributed by atoms with E-state index in [-0.39, 0.29) is 0 Å². The van der Waals surface area contributed by atoms with Crippen LogP contribution in [0, 0.1) is 17.1 Å². The van der Waals surface area contributed by atoms with Gasteiger partial charge < -0.3 is 15.0 Å². The molecule has 2 aliphatic rings. The van der Waals surface area contributed by atoms with Crippen molar-refractivity contribution in [3.05, 3.63) is 26.9 Å². The van der Waals surface area contributed by atoms with E-state index < -0.39 is 18.0 Å². The summed E-state index contributed by atoms with van der Waals surface area (Å²) < 4.78 is 19.2. The Bertz CT molecular complexity index is 728.